The van der Waals surface area contributed by atoms with Gasteiger partial charge in [-0.15, -0.1) is 0 Å². The SMILES string of the molecule is c1ccc(-c2ccc3ccc4ccc(-c5cccc(-c6ccc7c(c6)-c6ccccc6[Si]7(c6ccccc6)c6ccccc6)c5)nc4c3n2)cc1. The predicted octanol–water partition coefficient (Wildman–Crippen LogP) is 9.14. The first-order chi connectivity index (χ1) is 25.3. The number of aromatic nitrogens is 2. The normalized spacial score (nSPS) is 12.9. The molecule has 1 aliphatic heterocycles. The van der Waals surface area contributed by atoms with E-state index in [1.54, 1.807) is 0 Å². The van der Waals surface area contributed by atoms with Crippen molar-refractivity contribution in [3.63, 3.8) is 0 Å². The Hall–Kier alpha value is -6.42. The Morgan fingerprint density at radius 3 is 1.47 bits per heavy atom. The second kappa shape index (κ2) is 11.9. The first-order valence-corrected chi connectivity index (χ1v) is 19.5. The van der Waals surface area contributed by atoms with Crippen LogP contribution in [-0.2, 0) is 0 Å². The second-order valence-corrected chi connectivity index (χ2v) is 17.1. The van der Waals surface area contributed by atoms with Crippen molar-refractivity contribution in [2.24, 2.45) is 0 Å². The van der Waals surface area contributed by atoms with E-state index < -0.39 is 8.07 Å². The minimum absolute atomic E-state index is 0.922. The molecule has 3 heteroatoms. The molecule has 0 fully saturated rings. The highest BCUT2D eigenvalue weighted by Gasteiger charge is 2.48. The van der Waals surface area contributed by atoms with Crippen LogP contribution in [0.15, 0.2) is 194 Å². The van der Waals surface area contributed by atoms with Crippen molar-refractivity contribution in [3.8, 4) is 44.8 Å². The van der Waals surface area contributed by atoms with Gasteiger partial charge in [0.25, 0.3) is 0 Å². The predicted molar refractivity (Wildman–Crippen MR) is 216 cm³/mol. The number of hydrogen-bond donors (Lipinski definition) is 0. The van der Waals surface area contributed by atoms with E-state index in [4.69, 9.17) is 9.97 Å². The summed E-state index contributed by atoms with van der Waals surface area (Å²) in [4.78, 5) is 10.4. The maximum absolute atomic E-state index is 5.26. The standard InChI is InChI=1S/C48H32N2Si/c1-4-13-33(14-5-1)43-28-25-34-23-24-35-26-29-44(50-48(35)47(34)49-43)38-16-12-15-36(31-38)37-27-30-46-42(32-37)41-21-10-11-22-45(41)51(46,39-17-6-2-7-18-39)40-19-8-3-9-20-40/h1-32H. The molecule has 0 saturated heterocycles. The fourth-order valence-electron chi connectivity index (χ4n) is 8.18. The van der Waals surface area contributed by atoms with E-state index in [-0.39, 0.29) is 0 Å². The molecule has 0 N–H and O–H groups in total. The van der Waals surface area contributed by atoms with Crippen LogP contribution < -0.4 is 20.7 Å². The first kappa shape index (κ1) is 29.5. The second-order valence-electron chi connectivity index (χ2n) is 13.3. The Labute approximate surface area is 298 Å². The molecule has 0 bridgehead atoms. The maximum atomic E-state index is 5.26. The number of nitrogens with zero attached hydrogens (tertiary/aromatic N) is 2. The lowest BCUT2D eigenvalue weighted by atomic mass is 9.97. The molecule has 2 aromatic heterocycles. The van der Waals surface area contributed by atoms with Crippen molar-refractivity contribution in [2.45, 2.75) is 0 Å². The molecular formula is C48H32N2Si. The smallest absolute Gasteiger partial charge is 0.180 e. The minimum atomic E-state index is -2.50. The van der Waals surface area contributed by atoms with Gasteiger partial charge >= 0.3 is 0 Å². The summed E-state index contributed by atoms with van der Waals surface area (Å²) in [6.07, 6.45) is 0. The highest BCUT2D eigenvalue weighted by atomic mass is 28.3. The van der Waals surface area contributed by atoms with Gasteiger partial charge in [0.1, 0.15) is 0 Å². The Kier molecular flexibility index (Phi) is 6.86. The average molecular weight is 665 g/mol. The van der Waals surface area contributed by atoms with E-state index in [2.05, 4.69) is 188 Å². The molecule has 7 aromatic carbocycles. The zero-order valence-corrected chi connectivity index (χ0v) is 28.9. The highest BCUT2D eigenvalue weighted by Crippen LogP contribution is 2.34. The van der Waals surface area contributed by atoms with Crippen molar-refractivity contribution in [3.05, 3.63) is 194 Å². The van der Waals surface area contributed by atoms with Gasteiger partial charge in [0.05, 0.1) is 22.4 Å². The van der Waals surface area contributed by atoms with Crippen LogP contribution in [0.1, 0.15) is 0 Å². The third kappa shape index (κ3) is 4.70. The van der Waals surface area contributed by atoms with Gasteiger partial charge < -0.3 is 0 Å². The first-order valence-electron chi connectivity index (χ1n) is 17.5. The lowest BCUT2D eigenvalue weighted by molar-refractivity contribution is 1.36. The summed E-state index contributed by atoms with van der Waals surface area (Å²) in [6, 6.07) is 70.6. The van der Waals surface area contributed by atoms with E-state index in [0.29, 0.717) is 0 Å². The molecule has 0 aliphatic carbocycles. The lowest BCUT2D eigenvalue weighted by Crippen LogP contribution is -2.72. The van der Waals surface area contributed by atoms with E-state index in [9.17, 15) is 0 Å². The molecule has 0 saturated carbocycles. The van der Waals surface area contributed by atoms with Crippen LogP contribution >= 0.6 is 0 Å². The van der Waals surface area contributed by atoms with Crippen LogP contribution in [0.3, 0.4) is 0 Å². The van der Waals surface area contributed by atoms with Crippen LogP contribution in [0.4, 0.5) is 0 Å². The van der Waals surface area contributed by atoms with Crippen LogP contribution in [0.25, 0.3) is 66.6 Å². The molecule has 0 spiro atoms. The molecule has 2 nitrogen and oxygen atoms in total. The number of rotatable bonds is 5. The van der Waals surface area contributed by atoms with E-state index in [1.165, 1.54) is 43.0 Å². The van der Waals surface area contributed by atoms with Crippen molar-refractivity contribution in [2.75, 3.05) is 0 Å². The van der Waals surface area contributed by atoms with Gasteiger partial charge in [-0.3, -0.25) is 0 Å². The van der Waals surface area contributed by atoms with Crippen LogP contribution in [0.5, 0.6) is 0 Å². The number of fused-ring (bicyclic) bond motifs is 6. The van der Waals surface area contributed by atoms with Gasteiger partial charge in [-0.25, -0.2) is 9.97 Å². The molecule has 0 radical (unpaired) electrons. The van der Waals surface area contributed by atoms with Crippen molar-refractivity contribution in [1.82, 2.24) is 9.97 Å². The average Bonchev–Trinajstić information content (AvgIpc) is 3.52. The van der Waals surface area contributed by atoms with Gasteiger partial charge in [0.15, 0.2) is 8.07 Å². The molecule has 0 unspecified atom stereocenters. The summed E-state index contributed by atoms with van der Waals surface area (Å²) in [5.41, 5.74) is 11.0. The molecule has 10 rings (SSSR count). The number of benzene rings is 7. The quantitative estimate of drug-likeness (QED) is 0.136. The minimum Gasteiger partial charge on any atom is -0.245 e. The molecule has 0 amide bonds. The van der Waals surface area contributed by atoms with Crippen LogP contribution in [-0.4, -0.2) is 18.0 Å². The molecule has 3 heterocycles. The van der Waals surface area contributed by atoms with E-state index >= 15 is 0 Å². The summed E-state index contributed by atoms with van der Waals surface area (Å²) < 4.78 is 0. The molecule has 0 atom stereocenters. The summed E-state index contributed by atoms with van der Waals surface area (Å²) in [5.74, 6) is 0. The number of pyridine rings is 2. The van der Waals surface area contributed by atoms with Crippen molar-refractivity contribution in [1.29, 1.82) is 0 Å². The summed E-state index contributed by atoms with van der Waals surface area (Å²) in [7, 11) is -2.50. The molecule has 51 heavy (non-hydrogen) atoms. The third-order valence-corrected chi connectivity index (χ3v) is 15.4. The van der Waals surface area contributed by atoms with Crippen LogP contribution in [0, 0.1) is 0 Å². The third-order valence-electron chi connectivity index (χ3n) is 10.5. The van der Waals surface area contributed by atoms with Gasteiger partial charge in [0.2, 0.25) is 0 Å². The zero-order chi connectivity index (χ0) is 33.8. The summed E-state index contributed by atoms with van der Waals surface area (Å²) >= 11 is 0. The monoisotopic (exact) mass is 664 g/mol. The Morgan fingerprint density at radius 2 is 0.804 bits per heavy atom. The van der Waals surface area contributed by atoms with E-state index in [0.717, 1.165) is 44.3 Å². The Balaban J connectivity index is 1.10. The zero-order valence-electron chi connectivity index (χ0n) is 27.9. The van der Waals surface area contributed by atoms with Crippen molar-refractivity contribution < 1.29 is 0 Å². The van der Waals surface area contributed by atoms with Gasteiger partial charge in [-0.2, -0.15) is 0 Å². The topological polar surface area (TPSA) is 25.8 Å². The van der Waals surface area contributed by atoms with Gasteiger partial charge in [-0.1, -0.05) is 170 Å². The Bertz CT molecular complexity index is 2700. The number of hydrogen-bond acceptors (Lipinski definition) is 2. The van der Waals surface area contributed by atoms with Gasteiger partial charge in [0, 0.05) is 21.9 Å². The van der Waals surface area contributed by atoms with E-state index in [1.807, 2.05) is 6.07 Å². The summed E-state index contributed by atoms with van der Waals surface area (Å²) in [6.45, 7) is 0. The van der Waals surface area contributed by atoms with Crippen molar-refractivity contribution >= 4 is 50.6 Å². The summed E-state index contributed by atoms with van der Waals surface area (Å²) in [5, 5.41) is 7.91. The largest absolute Gasteiger partial charge is 0.245 e. The fourth-order valence-corrected chi connectivity index (χ4v) is 13.3. The lowest BCUT2D eigenvalue weighted by Gasteiger charge is -2.31. The van der Waals surface area contributed by atoms with Gasteiger partial charge in [-0.05, 0) is 67.3 Å². The molecular weight excluding hydrogens is 633 g/mol. The molecule has 238 valence electrons. The maximum Gasteiger partial charge on any atom is 0.180 e. The molecule has 1 aliphatic rings. The Morgan fingerprint density at radius 1 is 0.314 bits per heavy atom. The van der Waals surface area contributed by atoms with Crippen LogP contribution in [0.2, 0.25) is 0 Å². The fraction of sp³-hybridized carbons (Fsp3) is 0. The highest BCUT2D eigenvalue weighted by molar-refractivity contribution is 7.22. The molecule has 9 aromatic rings.